The first-order valence-electron chi connectivity index (χ1n) is 18.5. The number of thiophene rings is 1. The molecule has 11 rings (SSSR count). The average molecular weight is 704 g/mol. The van der Waals surface area contributed by atoms with Crippen LogP contribution in [0.2, 0.25) is 0 Å². The SMILES string of the molecule is c1ccc(-c2ccc(N(c3ccc(-c4ccc5c(ccc6ccc7ccccc7c65)c4)cc3)c3ccc4ccc5c6ccccc6sc5c4c3)cc2)cc1. The molecule has 0 fully saturated rings. The smallest absolute Gasteiger partial charge is 0.0468 e. The van der Waals surface area contributed by atoms with Crippen molar-refractivity contribution in [3.8, 4) is 22.3 Å². The van der Waals surface area contributed by atoms with Crippen LogP contribution in [0.4, 0.5) is 17.1 Å². The number of anilines is 3. The van der Waals surface area contributed by atoms with E-state index in [0.29, 0.717) is 0 Å². The molecule has 0 aliphatic rings. The zero-order valence-corrected chi connectivity index (χ0v) is 30.2. The van der Waals surface area contributed by atoms with Crippen LogP contribution in [0.3, 0.4) is 0 Å². The maximum Gasteiger partial charge on any atom is 0.0468 e. The van der Waals surface area contributed by atoms with E-state index in [1.165, 1.54) is 85.5 Å². The monoisotopic (exact) mass is 703 g/mol. The quantitative estimate of drug-likeness (QED) is 0.161. The van der Waals surface area contributed by atoms with Crippen molar-refractivity contribution >= 4 is 91.7 Å². The van der Waals surface area contributed by atoms with Crippen molar-refractivity contribution in [1.82, 2.24) is 0 Å². The maximum atomic E-state index is 2.39. The first kappa shape index (κ1) is 30.8. The molecule has 0 saturated carbocycles. The molecule has 1 nitrogen and oxygen atoms in total. The van der Waals surface area contributed by atoms with Crippen LogP contribution in [0, 0.1) is 0 Å². The Balaban J connectivity index is 1.03. The lowest BCUT2D eigenvalue weighted by Crippen LogP contribution is -2.09. The van der Waals surface area contributed by atoms with E-state index >= 15 is 0 Å². The van der Waals surface area contributed by atoms with E-state index in [1.54, 1.807) is 0 Å². The number of nitrogens with zero attached hydrogens (tertiary/aromatic N) is 1. The lowest BCUT2D eigenvalue weighted by molar-refractivity contribution is 1.29. The van der Waals surface area contributed by atoms with E-state index in [2.05, 4.69) is 205 Å². The van der Waals surface area contributed by atoms with E-state index in [4.69, 9.17) is 0 Å². The molecule has 0 N–H and O–H groups in total. The lowest BCUT2D eigenvalue weighted by Gasteiger charge is -2.26. The van der Waals surface area contributed by atoms with E-state index in [9.17, 15) is 0 Å². The van der Waals surface area contributed by atoms with Gasteiger partial charge in [0.1, 0.15) is 0 Å². The molecule has 2 heteroatoms. The minimum Gasteiger partial charge on any atom is -0.310 e. The number of rotatable bonds is 5. The van der Waals surface area contributed by atoms with Gasteiger partial charge in [0.15, 0.2) is 0 Å². The molecule has 0 aliphatic carbocycles. The van der Waals surface area contributed by atoms with Crippen molar-refractivity contribution in [2.45, 2.75) is 0 Å². The van der Waals surface area contributed by atoms with Gasteiger partial charge in [0.2, 0.25) is 0 Å². The first-order valence-corrected chi connectivity index (χ1v) is 19.3. The minimum atomic E-state index is 1.12. The first-order chi connectivity index (χ1) is 26.7. The number of hydrogen-bond donors (Lipinski definition) is 0. The molecular weight excluding hydrogens is 671 g/mol. The molecule has 0 atom stereocenters. The largest absolute Gasteiger partial charge is 0.310 e. The van der Waals surface area contributed by atoms with Crippen LogP contribution < -0.4 is 4.90 Å². The summed E-state index contributed by atoms with van der Waals surface area (Å²) >= 11 is 1.89. The zero-order valence-electron chi connectivity index (χ0n) is 29.4. The molecular formula is C52H33NS. The van der Waals surface area contributed by atoms with Crippen molar-refractivity contribution in [2.75, 3.05) is 4.90 Å². The van der Waals surface area contributed by atoms with Gasteiger partial charge in [-0.15, -0.1) is 11.3 Å². The molecule has 1 heterocycles. The highest BCUT2D eigenvalue weighted by atomic mass is 32.1. The summed E-state index contributed by atoms with van der Waals surface area (Å²) in [6.45, 7) is 0. The van der Waals surface area contributed by atoms with E-state index < -0.39 is 0 Å². The van der Waals surface area contributed by atoms with Crippen LogP contribution in [0.1, 0.15) is 0 Å². The summed E-state index contributed by atoms with van der Waals surface area (Å²) in [5.41, 5.74) is 8.21. The molecule has 252 valence electrons. The fraction of sp³-hybridized carbons (Fsp3) is 0. The Bertz CT molecular complexity index is 3190. The third-order valence-electron chi connectivity index (χ3n) is 11.0. The summed E-state index contributed by atoms with van der Waals surface area (Å²) in [6, 6.07) is 73.5. The van der Waals surface area contributed by atoms with Crippen LogP contribution in [-0.2, 0) is 0 Å². The molecule has 54 heavy (non-hydrogen) atoms. The molecule has 0 saturated heterocycles. The second-order valence-electron chi connectivity index (χ2n) is 14.1. The average Bonchev–Trinajstić information content (AvgIpc) is 3.63. The third kappa shape index (κ3) is 5.07. The van der Waals surface area contributed by atoms with Gasteiger partial charge in [0.05, 0.1) is 0 Å². The predicted octanol–water partition coefficient (Wildman–Crippen LogP) is 15.5. The van der Waals surface area contributed by atoms with Gasteiger partial charge in [-0.1, -0.05) is 152 Å². The van der Waals surface area contributed by atoms with Crippen LogP contribution in [0.15, 0.2) is 200 Å². The zero-order chi connectivity index (χ0) is 35.6. The van der Waals surface area contributed by atoms with Gasteiger partial charge < -0.3 is 4.90 Å². The Morgan fingerprint density at radius 1 is 0.296 bits per heavy atom. The normalized spacial score (nSPS) is 11.7. The minimum absolute atomic E-state index is 1.12. The Labute approximate surface area is 317 Å². The summed E-state index contributed by atoms with van der Waals surface area (Å²) in [7, 11) is 0. The number of hydrogen-bond acceptors (Lipinski definition) is 2. The van der Waals surface area contributed by atoms with Crippen molar-refractivity contribution in [3.63, 3.8) is 0 Å². The van der Waals surface area contributed by atoms with Crippen molar-refractivity contribution in [1.29, 1.82) is 0 Å². The van der Waals surface area contributed by atoms with E-state index in [1.807, 2.05) is 11.3 Å². The van der Waals surface area contributed by atoms with E-state index in [0.717, 1.165) is 17.1 Å². The Morgan fingerprint density at radius 2 is 0.815 bits per heavy atom. The van der Waals surface area contributed by atoms with Crippen molar-refractivity contribution < 1.29 is 0 Å². The van der Waals surface area contributed by atoms with Crippen LogP contribution in [-0.4, -0.2) is 0 Å². The topological polar surface area (TPSA) is 3.24 Å². The van der Waals surface area contributed by atoms with Crippen LogP contribution in [0.5, 0.6) is 0 Å². The Hall–Kier alpha value is -6.74. The Morgan fingerprint density at radius 3 is 1.61 bits per heavy atom. The number of fused-ring (bicyclic) bond motifs is 10. The molecule has 0 bridgehead atoms. The van der Waals surface area contributed by atoms with Crippen LogP contribution in [0.25, 0.3) is 85.5 Å². The van der Waals surface area contributed by atoms with E-state index in [-0.39, 0.29) is 0 Å². The van der Waals surface area contributed by atoms with Gasteiger partial charge >= 0.3 is 0 Å². The lowest BCUT2D eigenvalue weighted by atomic mass is 9.94. The summed E-state index contributed by atoms with van der Waals surface area (Å²) in [6.07, 6.45) is 0. The summed E-state index contributed by atoms with van der Waals surface area (Å²) in [5, 5.41) is 12.9. The van der Waals surface area contributed by atoms with Gasteiger partial charge in [-0.2, -0.15) is 0 Å². The molecule has 0 aliphatic heterocycles. The fourth-order valence-electron chi connectivity index (χ4n) is 8.33. The third-order valence-corrected chi connectivity index (χ3v) is 12.2. The van der Waals surface area contributed by atoms with Gasteiger partial charge in [-0.05, 0) is 108 Å². The standard InChI is InChI=1S/C52H33NS/c1-2-8-34(9-3-1)35-18-25-42(26-19-35)53(44-29-22-38-23-31-48-47-12-6-7-13-50(47)54-52(48)49(38)33-44)43-27-20-36(21-28-43)40-24-30-46-41(32-40)17-16-39-15-14-37-10-4-5-11-45(37)51(39)46/h1-33H. The predicted molar refractivity (Wildman–Crippen MR) is 235 cm³/mol. The molecule has 0 amide bonds. The highest BCUT2D eigenvalue weighted by Crippen LogP contribution is 2.43. The molecule has 11 aromatic rings. The highest BCUT2D eigenvalue weighted by molar-refractivity contribution is 7.26. The van der Waals surface area contributed by atoms with Crippen molar-refractivity contribution in [2.24, 2.45) is 0 Å². The molecule has 0 radical (unpaired) electrons. The summed E-state index contributed by atoms with van der Waals surface area (Å²) < 4.78 is 2.66. The molecule has 0 unspecified atom stereocenters. The second-order valence-corrected chi connectivity index (χ2v) is 15.2. The van der Waals surface area contributed by atoms with Crippen LogP contribution >= 0.6 is 11.3 Å². The summed E-state index contributed by atoms with van der Waals surface area (Å²) in [5.74, 6) is 0. The van der Waals surface area contributed by atoms with Gasteiger partial charge in [-0.25, -0.2) is 0 Å². The Kier molecular flexibility index (Phi) is 7.11. The van der Waals surface area contributed by atoms with Crippen molar-refractivity contribution in [3.05, 3.63) is 200 Å². The summed E-state index contributed by atoms with van der Waals surface area (Å²) in [4.78, 5) is 2.39. The highest BCUT2D eigenvalue weighted by Gasteiger charge is 2.16. The molecule has 10 aromatic carbocycles. The van der Waals surface area contributed by atoms with Gasteiger partial charge in [0, 0.05) is 42.6 Å². The fourth-order valence-corrected chi connectivity index (χ4v) is 9.56. The van der Waals surface area contributed by atoms with Gasteiger partial charge in [0.25, 0.3) is 0 Å². The maximum absolute atomic E-state index is 2.39. The molecule has 0 spiro atoms. The second kappa shape index (κ2) is 12.4. The van der Waals surface area contributed by atoms with Gasteiger partial charge in [-0.3, -0.25) is 0 Å². The molecule has 1 aromatic heterocycles. The number of benzene rings is 10.